The van der Waals surface area contributed by atoms with E-state index in [1.807, 2.05) is 6.08 Å². The van der Waals surface area contributed by atoms with E-state index in [-0.39, 0.29) is 17.1 Å². The molecule has 0 aliphatic heterocycles. The quantitative estimate of drug-likeness (QED) is 0.467. The van der Waals surface area contributed by atoms with Crippen LogP contribution < -0.4 is 0 Å². The van der Waals surface area contributed by atoms with Crippen LogP contribution in [0.15, 0.2) is 11.6 Å². The standard InChI is InChI=1S/C24H32O2S/c1-22-9-4-16(26)12-15(22)13-17(20(27)14-25)21-18(22)5-10-23(2)19(21)6-11-24(23)7-3-8-24/h12,14,17-19,21H,3-11,13H2,1-2H3/t17-,18-,19-,21+,22-,23-/m0/s1. The number of thiocarbonyl (C=S) groups is 1. The van der Waals surface area contributed by atoms with Crippen LogP contribution in [0.1, 0.15) is 78.1 Å². The molecule has 5 rings (SSSR count). The first-order valence-corrected chi connectivity index (χ1v) is 11.5. The fourth-order valence-corrected chi connectivity index (χ4v) is 8.84. The highest BCUT2D eigenvalue weighted by molar-refractivity contribution is 7.81. The maximum Gasteiger partial charge on any atom is 0.157 e. The zero-order valence-electron chi connectivity index (χ0n) is 16.8. The minimum atomic E-state index is 0.143. The normalized spacial score (nSPS) is 47.3. The first-order valence-electron chi connectivity index (χ1n) is 11.1. The van der Waals surface area contributed by atoms with Gasteiger partial charge in [-0.2, -0.15) is 0 Å². The molecule has 0 radical (unpaired) electrons. The number of carbonyl (C=O) groups excluding carboxylic acids is 2. The summed E-state index contributed by atoms with van der Waals surface area (Å²) in [5, 5.41) is 0. The Kier molecular flexibility index (Phi) is 3.94. The van der Waals surface area contributed by atoms with Crippen LogP contribution in [0.5, 0.6) is 0 Å². The lowest BCUT2D eigenvalue weighted by Gasteiger charge is -2.63. The summed E-state index contributed by atoms with van der Waals surface area (Å²) in [6, 6.07) is 0. The second-order valence-electron chi connectivity index (χ2n) is 10.8. The molecule has 1 spiro atoms. The molecule has 0 aromatic heterocycles. The van der Waals surface area contributed by atoms with E-state index in [1.165, 1.54) is 50.5 Å². The predicted octanol–water partition coefficient (Wildman–Crippen LogP) is 5.48. The van der Waals surface area contributed by atoms with Crippen LogP contribution in [-0.2, 0) is 9.59 Å². The van der Waals surface area contributed by atoms with Crippen molar-refractivity contribution in [3.63, 3.8) is 0 Å². The summed E-state index contributed by atoms with van der Waals surface area (Å²) in [5.74, 6) is 2.27. The fourth-order valence-electron chi connectivity index (χ4n) is 8.60. The van der Waals surface area contributed by atoms with Gasteiger partial charge in [0.2, 0.25) is 0 Å². The van der Waals surface area contributed by atoms with Gasteiger partial charge in [0.15, 0.2) is 12.1 Å². The molecule has 3 heteroatoms. The molecule has 0 bridgehead atoms. The fraction of sp³-hybridized carbons (Fsp3) is 0.792. The third kappa shape index (κ3) is 2.21. The van der Waals surface area contributed by atoms with Crippen LogP contribution in [0.2, 0.25) is 0 Å². The Hall–Kier alpha value is -0.830. The topological polar surface area (TPSA) is 34.1 Å². The van der Waals surface area contributed by atoms with Gasteiger partial charge in [-0.3, -0.25) is 9.59 Å². The molecule has 0 aromatic rings. The number of fused-ring (bicyclic) bond motifs is 6. The van der Waals surface area contributed by atoms with Gasteiger partial charge in [-0.1, -0.05) is 38.1 Å². The zero-order valence-corrected chi connectivity index (χ0v) is 17.6. The van der Waals surface area contributed by atoms with Crippen molar-refractivity contribution in [2.75, 3.05) is 0 Å². The van der Waals surface area contributed by atoms with E-state index in [9.17, 15) is 9.59 Å². The van der Waals surface area contributed by atoms with Gasteiger partial charge in [0.25, 0.3) is 0 Å². The molecule has 0 N–H and O–H groups in total. The lowest BCUT2D eigenvalue weighted by molar-refractivity contribution is -0.124. The van der Waals surface area contributed by atoms with Crippen LogP contribution in [0.3, 0.4) is 0 Å². The summed E-state index contributed by atoms with van der Waals surface area (Å²) < 4.78 is 0. The van der Waals surface area contributed by atoms with Crippen molar-refractivity contribution >= 4 is 29.2 Å². The van der Waals surface area contributed by atoms with Crippen molar-refractivity contribution in [2.45, 2.75) is 78.1 Å². The van der Waals surface area contributed by atoms with Crippen molar-refractivity contribution in [1.82, 2.24) is 0 Å². The average Bonchev–Trinajstić information content (AvgIpc) is 2.94. The monoisotopic (exact) mass is 384 g/mol. The van der Waals surface area contributed by atoms with E-state index in [4.69, 9.17) is 12.2 Å². The minimum Gasteiger partial charge on any atom is -0.297 e. The Morgan fingerprint density at radius 1 is 1.11 bits per heavy atom. The predicted molar refractivity (Wildman–Crippen MR) is 111 cm³/mol. The molecular weight excluding hydrogens is 352 g/mol. The van der Waals surface area contributed by atoms with Gasteiger partial charge in [0, 0.05) is 12.3 Å². The van der Waals surface area contributed by atoms with Crippen LogP contribution in [-0.4, -0.2) is 16.9 Å². The number of allylic oxidation sites excluding steroid dienone is 1. The van der Waals surface area contributed by atoms with Gasteiger partial charge in [0.1, 0.15) is 0 Å². The van der Waals surface area contributed by atoms with Gasteiger partial charge in [-0.05, 0) is 91.4 Å². The third-order valence-corrected chi connectivity index (χ3v) is 10.7. The van der Waals surface area contributed by atoms with Crippen molar-refractivity contribution < 1.29 is 9.59 Å². The molecule has 2 nitrogen and oxygen atoms in total. The van der Waals surface area contributed by atoms with E-state index in [2.05, 4.69) is 13.8 Å². The SMILES string of the molecule is C[C@]12CCC(=O)C=C1C[C@@H](C(=S)C=O)[C@@H]1[C@@H]2CC[C@@]2(C)[C@H]1CCC21CCC1. The summed E-state index contributed by atoms with van der Waals surface area (Å²) in [6.45, 7) is 5.00. The van der Waals surface area contributed by atoms with E-state index in [0.717, 1.165) is 19.1 Å². The first-order chi connectivity index (χ1) is 12.8. The number of rotatable bonds is 2. The van der Waals surface area contributed by atoms with Gasteiger partial charge in [-0.25, -0.2) is 0 Å². The van der Waals surface area contributed by atoms with Gasteiger partial charge in [0.05, 0.1) is 4.86 Å². The molecule has 4 fully saturated rings. The molecule has 0 aromatic carbocycles. The Bertz CT molecular complexity index is 747. The Morgan fingerprint density at radius 2 is 1.85 bits per heavy atom. The van der Waals surface area contributed by atoms with Crippen LogP contribution in [0, 0.1) is 39.9 Å². The second-order valence-corrected chi connectivity index (χ2v) is 11.3. The highest BCUT2D eigenvalue weighted by atomic mass is 32.1. The van der Waals surface area contributed by atoms with E-state index < -0.39 is 0 Å². The third-order valence-electron chi connectivity index (χ3n) is 10.3. The Morgan fingerprint density at radius 3 is 2.52 bits per heavy atom. The lowest BCUT2D eigenvalue weighted by Crippen LogP contribution is -2.57. The Labute approximate surface area is 168 Å². The van der Waals surface area contributed by atoms with Crippen LogP contribution in [0.4, 0.5) is 0 Å². The summed E-state index contributed by atoms with van der Waals surface area (Å²) in [6.07, 6.45) is 14.9. The zero-order chi connectivity index (χ0) is 19.0. The molecule has 0 amide bonds. The molecule has 0 heterocycles. The van der Waals surface area contributed by atoms with Crippen molar-refractivity contribution in [1.29, 1.82) is 0 Å². The number of carbonyl (C=O) groups is 2. The lowest BCUT2D eigenvalue weighted by atomic mass is 9.41. The summed E-state index contributed by atoms with van der Waals surface area (Å²) in [7, 11) is 0. The summed E-state index contributed by atoms with van der Waals surface area (Å²) in [5.41, 5.74) is 2.46. The molecule has 5 aliphatic carbocycles. The number of ketones is 1. The highest BCUT2D eigenvalue weighted by Crippen LogP contribution is 2.74. The first kappa shape index (κ1) is 18.2. The minimum absolute atomic E-state index is 0.143. The molecule has 6 atom stereocenters. The van der Waals surface area contributed by atoms with Crippen molar-refractivity contribution in [3.8, 4) is 0 Å². The molecule has 27 heavy (non-hydrogen) atoms. The molecule has 0 unspecified atom stereocenters. The Balaban J connectivity index is 1.59. The van der Waals surface area contributed by atoms with Crippen LogP contribution in [0.25, 0.3) is 0 Å². The molecule has 5 aliphatic rings. The largest absolute Gasteiger partial charge is 0.297 e. The average molecular weight is 385 g/mol. The van der Waals surface area contributed by atoms with Crippen molar-refractivity contribution in [3.05, 3.63) is 11.6 Å². The molecule has 4 saturated carbocycles. The highest BCUT2D eigenvalue weighted by Gasteiger charge is 2.66. The molecule has 146 valence electrons. The van der Waals surface area contributed by atoms with Crippen molar-refractivity contribution in [2.24, 2.45) is 39.9 Å². The summed E-state index contributed by atoms with van der Waals surface area (Å²) >= 11 is 5.62. The number of aldehydes is 1. The van der Waals surface area contributed by atoms with E-state index >= 15 is 0 Å². The van der Waals surface area contributed by atoms with Gasteiger partial charge >= 0.3 is 0 Å². The smallest absolute Gasteiger partial charge is 0.157 e. The maximum atomic E-state index is 12.2. The van der Waals surface area contributed by atoms with Gasteiger partial charge < -0.3 is 0 Å². The second kappa shape index (κ2) is 5.84. The number of hydrogen-bond donors (Lipinski definition) is 0. The maximum absolute atomic E-state index is 12.2. The molecular formula is C24H32O2S. The number of hydrogen-bond acceptors (Lipinski definition) is 3. The van der Waals surface area contributed by atoms with E-state index in [0.29, 0.717) is 39.9 Å². The summed E-state index contributed by atoms with van der Waals surface area (Å²) in [4.78, 5) is 24.5. The van der Waals surface area contributed by atoms with Crippen LogP contribution >= 0.6 is 12.2 Å². The molecule has 0 saturated heterocycles. The van der Waals surface area contributed by atoms with E-state index in [1.54, 1.807) is 0 Å². The van der Waals surface area contributed by atoms with Gasteiger partial charge in [-0.15, -0.1) is 0 Å².